The van der Waals surface area contributed by atoms with Crippen molar-refractivity contribution in [3.8, 4) is 0 Å². The number of rotatable bonds is 4. The van der Waals surface area contributed by atoms with Crippen LogP contribution in [0.25, 0.3) is 0 Å². The number of esters is 1. The van der Waals surface area contributed by atoms with E-state index in [4.69, 9.17) is 16.3 Å². The highest BCUT2D eigenvalue weighted by atomic mass is 35.5. The lowest BCUT2D eigenvalue weighted by Crippen LogP contribution is -2.48. The number of carbonyl (C=O) groups excluding carboxylic acids is 2. The Bertz CT molecular complexity index is 1070. The lowest BCUT2D eigenvalue weighted by Gasteiger charge is -2.32. The zero-order valence-corrected chi connectivity index (χ0v) is 16.6. The topological polar surface area (TPSA) is 68.3 Å². The maximum atomic E-state index is 12.8. The van der Waals surface area contributed by atoms with Gasteiger partial charge in [0.05, 0.1) is 5.56 Å². The Morgan fingerprint density at radius 2 is 2.11 bits per heavy atom. The standard InChI is InChI=1S/C21H17ClN2O3S/c1-21(11-14-6-2-3-8-17(14)18(25)27-21)19(26)24-20-23-12-16(28-20)10-13-5-4-7-15(22)9-13/h2-9,12H,10-11H2,1H3,(H,23,24,26)/t21-/m1/s1. The number of hydrogen-bond acceptors (Lipinski definition) is 5. The Morgan fingerprint density at radius 3 is 2.93 bits per heavy atom. The van der Waals surface area contributed by atoms with Crippen LogP contribution >= 0.6 is 22.9 Å². The van der Waals surface area contributed by atoms with Gasteiger partial charge in [0.25, 0.3) is 5.91 Å². The molecule has 3 aromatic rings. The van der Waals surface area contributed by atoms with Gasteiger partial charge in [0.2, 0.25) is 0 Å². The van der Waals surface area contributed by atoms with Gasteiger partial charge in [0, 0.05) is 28.9 Å². The molecule has 7 heteroatoms. The van der Waals surface area contributed by atoms with Gasteiger partial charge in [-0.25, -0.2) is 9.78 Å². The van der Waals surface area contributed by atoms with Gasteiger partial charge in [-0.05, 0) is 36.2 Å². The molecule has 0 fully saturated rings. The molecular weight excluding hydrogens is 396 g/mol. The Hall–Kier alpha value is -2.70. The van der Waals surface area contributed by atoms with Crippen molar-refractivity contribution in [2.75, 3.05) is 5.32 Å². The van der Waals surface area contributed by atoms with Crippen molar-refractivity contribution in [3.63, 3.8) is 0 Å². The summed E-state index contributed by atoms with van der Waals surface area (Å²) in [5.41, 5.74) is 1.10. The second kappa shape index (κ2) is 7.37. The first-order chi connectivity index (χ1) is 13.4. The van der Waals surface area contributed by atoms with Gasteiger partial charge >= 0.3 is 5.97 Å². The van der Waals surface area contributed by atoms with Crippen LogP contribution in [0.4, 0.5) is 5.13 Å². The summed E-state index contributed by atoms with van der Waals surface area (Å²) in [6.07, 6.45) is 2.72. The molecule has 0 saturated carbocycles. The highest BCUT2D eigenvalue weighted by molar-refractivity contribution is 7.15. The number of hydrogen-bond donors (Lipinski definition) is 1. The van der Waals surface area contributed by atoms with E-state index < -0.39 is 11.6 Å². The number of nitrogens with one attached hydrogen (secondary N) is 1. The van der Waals surface area contributed by atoms with E-state index in [1.165, 1.54) is 11.3 Å². The van der Waals surface area contributed by atoms with Crippen molar-refractivity contribution in [2.45, 2.75) is 25.4 Å². The summed E-state index contributed by atoms with van der Waals surface area (Å²) in [4.78, 5) is 30.4. The van der Waals surface area contributed by atoms with Crippen LogP contribution in [0.5, 0.6) is 0 Å². The second-order valence-electron chi connectivity index (χ2n) is 6.85. The van der Waals surface area contributed by atoms with E-state index in [1.807, 2.05) is 36.4 Å². The minimum absolute atomic E-state index is 0.321. The third kappa shape index (κ3) is 3.79. The van der Waals surface area contributed by atoms with Crippen LogP contribution in [0.2, 0.25) is 5.02 Å². The van der Waals surface area contributed by atoms with Gasteiger partial charge < -0.3 is 4.74 Å². The summed E-state index contributed by atoms with van der Waals surface area (Å²) in [7, 11) is 0. The van der Waals surface area contributed by atoms with E-state index in [-0.39, 0.29) is 5.91 Å². The van der Waals surface area contributed by atoms with E-state index in [0.717, 1.165) is 16.0 Å². The quantitative estimate of drug-likeness (QED) is 0.641. The first-order valence-electron chi connectivity index (χ1n) is 8.75. The Balaban J connectivity index is 1.47. The monoisotopic (exact) mass is 412 g/mol. The summed E-state index contributed by atoms with van der Waals surface area (Å²) in [6.45, 7) is 1.62. The van der Waals surface area contributed by atoms with Crippen LogP contribution in [-0.4, -0.2) is 22.5 Å². The summed E-state index contributed by atoms with van der Waals surface area (Å²) >= 11 is 7.41. The van der Waals surface area contributed by atoms with Gasteiger partial charge in [0.15, 0.2) is 10.7 Å². The van der Waals surface area contributed by atoms with E-state index in [0.29, 0.717) is 28.6 Å². The molecule has 142 valence electrons. The molecule has 0 spiro atoms. The van der Waals surface area contributed by atoms with Crippen LogP contribution < -0.4 is 5.32 Å². The van der Waals surface area contributed by atoms with E-state index in [9.17, 15) is 9.59 Å². The molecule has 0 saturated heterocycles. The predicted octanol–water partition coefficient (Wildman–Crippen LogP) is 4.50. The smallest absolute Gasteiger partial charge is 0.339 e. The van der Waals surface area contributed by atoms with Crippen LogP contribution in [-0.2, 0) is 22.4 Å². The molecule has 1 atom stereocenters. The van der Waals surface area contributed by atoms with E-state index in [1.54, 1.807) is 25.3 Å². The lowest BCUT2D eigenvalue weighted by molar-refractivity contribution is -0.134. The van der Waals surface area contributed by atoms with Crippen molar-refractivity contribution in [1.82, 2.24) is 4.98 Å². The fraction of sp³-hybridized carbons (Fsp3) is 0.190. The number of benzene rings is 2. The summed E-state index contributed by atoms with van der Waals surface area (Å²) in [6, 6.07) is 14.8. The molecule has 5 nitrogen and oxygen atoms in total. The minimum atomic E-state index is -1.27. The molecule has 28 heavy (non-hydrogen) atoms. The normalized spacial score (nSPS) is 18.3. The number of anilines is 1. The minimum Gasteiger partial charge on any atom is -0.445 e. The van der Waals surface area contributed by atoms with Gasteiger partial charge in [-0.3, -0.25) is 10.1 Å². The molecule has 0 bridgehead atoms. The highest BCUT2D eigenvalue weighted by Gasteiger charge is 2.42. The molecule has 2 heterocycles. The average molecular weight is 413 g/mol. The van der Waals surface area contributed by atoms with Crippen molar-refractivity contribution < 1.29 is 14.3 Å². The number of carbonyl (C=O) groups is 2. The number of halogens is 1. The molecule has 1 aliphatic heterocycles. The zero-order valence-electron chi connectivity index (χ0n) is 15.1. The molecule has 1 amide bonds. The van der Waals surface area contributed by atoms with Gasteiger partial charge in [-0.2, -0.15) is 0 Å². The van der Waals surface area contributed by atoms with Crippen LogP contribution in [0.3, 0.4) is 0 Å². The van der Waals surface area contributed by atoms with E-state index in [2.05, 4.69) is 10.3 Å². The summed E-state index contributed by atoms with van der Waals surface area (Å²) < 4.78 is 5.46. The number of cyclic esters (lactones) is 1. The van der Waals surface area contributed by atoms with Crippen molar-refractivity contribution in [1.29, 1.82) is 0 Å². The Kier molecular flexibility index (Phi) is 4.91. The SMILES string of the molecule is C[C@]1(C(=O)Nc2ncc(Cc3cccc(Cl)c3)s2)Cc2ccccc2C(=O)O1. The van der Waals surface area contributed by atoms with Crippen LogP contribution in [0.15, 0.2) is 54.7 Å². The fourth-order valence-corrected chi connectivity index (χ4v) is 4.24. The Morgan fingerprint density at radius 1 is 1.29 bits per heavy atom. The summed E-state index contributed by atoms with van der Waals surface area (Å²) in [5.74, 6) is -0.876. The number of aromatic nitrogens is 1. The van der Waals surface area contributed by atoms with E-state index >= 15 is 0 Å². The molecule has 0 aliphatic carbocycles. The van der Waals surface area contributed by atoms with Crippen molar-refractivity contribution in [2.24, 2.45) is 0 Å². The first kappa shape index (κ1) is 18.7. The maximum absolute atomic E-state index is 12.8. The molecule has 1 N–H and O–H groups in total. The maximum Gasteiger partial charge on any atom is 0.339 e. The van der Waals surface area contributed by atoms with Gasteiger partial charge in [-0.1, -0.05) is 41.9 Å². The lowest BCUT2D eigenvalue weighted by atomic mass is 9.89. The third-order valence-electron chi connectivity index (χ3n) is 4.60. The molecule has 4 rings (SSSR count). The van der Waals surface area contributed by atoms with Crippen molar-refractivity contribution in [3.05, 3.63) is 81.3 Å². The molecule has 1 aromatic heterocycles. The van der Waals surface area contributed by atoms with Gasteiger partial charge in [0.1, 0.15) is 0 Å². The third-order valence-corrected chi connectivity index (χ3v) is 5.75. The largest absolute Gasteiger partial charge is 0.445 e. The Labute approximate surface area is 171 Å². The van der Waals surface area contributed by atoms with Crippen LogP contribution in [0, 0.1) is 0 Å². The fourth-order valence-electron chi connectivity index (χ4n) is 3.18. The zero-order chi connectivity index (χ0) is 19.7. The van der Waals surface area contributed by atoms with Crippen LogP contribution in [0.1, 0.15) is 33.3 Å². The molecule has 0 radical (unpaired) electrons. The molecule has 2 aromatic carbocycles. The molecule has 0 unspecified atom stereocenters. The number of thiazole rings is 1. The number of amides is 1. The summed E-state index contributed by atoms with van der Waals surface area (Å²) in [5, 5.41) is 3.94. The average Bonchev–Trinajstić information content (AvgIpc) is 3.08. The van der Waals surface area contributed by atoms with Crippen molar-refractivity contribution >= 4 is 39.9 Å². The van der Waals surface area contributed by atoms with Gasteiger partial charge in [-0.15, -0.1) is 11.3 Å². The number of nitrogens with zero attached hydrogens (tertiary/aromatic N) is 1. The molecular formula is C21H17ClN2O3S. The predicted molar refractivity (Wildman–Crippen MR) is 109 cm³/mol. The first-order valence-corrected chi connectivity index (χ1v) is 9.94. The second-order valence-corrected chi connectivity index (χ2v) is 8.40. The number of ether oxygens (including phenoxy) is 1. The molecule has 1 aliphatic rings. The number of fused-ring (bicyclic) bond motifs is 1. The highest BCUT2D eigenvalue weighted by Crippen LogP contribution is 2.30.